The van der Waals surface area contributed by atoms with Gasteiger partial charge in [0.25, 0.3) is 0 Å². The van der Waals surface area contributed by atoms with Gasteiger partial charge >= 0.3 is 0 Å². The molecule has 0 heterocycles. The van der Waals surface area contributed by atoms with Gasteiger partial charge in [-0.25, -0.2) is 0 Å². The van der Waals surface area contributed by atoms with E-state index in [0.29, 0.717) is 21.5 Å². The Kier molecular flexibility index (Phi) is 6.57. The molecule has 2 aromatic carbocycles. The highest BCUT2D eigenvalue weighted by Crippen LogP contribution is 2.30. The van der Waals surface area contributed by atoms with Gasteiger partial charge in [-0.15, -0.1) is 0 Å². The molecule has 2 aromatic rings. The summed E-state index contributed by atoms with van der Waals surface area (Å²) in [7, 11) is 4.91. The van der Waals surface area contributed by atoms with Crippen molar-refractivity contribution in [1.82, 2.24) is 4.90 Å². The van der Waals surface area contributed by atoms with Crippen LogP contribution >= 0.6 is 23.2 Å². The molecular weight excluding hydrogens is 361 g/mol. The van der Waals surface area contributed by atoms with Crippen molar-refractivity contribution in [3.8, 4) is 11.5 Å². The molecule has 0 spiro atoms. The summed E-state index contributed by atoms with van der Waals surface area (Å²) in [5, 5.41) is 1.12. The lowest BCUT2D eigenvalue weighted by molar-refractivity contribution is -0.131. The van der Waals surface area contributed by atoms with Crippen LogP contribution in [0.4, 0.5) is 0 Å². The second kappa shape index (κ2) is 8.45. The third-order valence-corrected chi connectivity index (χ3v) is 4.75. The maximum atomic E-state index is 12.6. The molecule has 0 saturated heterocycles. The van der Waals surface area contributed by atoms with Crippen LogP contribution in [-0.2, 0) is 11.2 Å². The Morgan fingerprint density at radius 2 is 1.76 bits per heavy atom. The number of ether oxygens (including phenoxy) is 2. The van der Waals surface area contributed by atoms with Crippen LogP contribution in [0.15, 0.2) is 36.4 Å². The monoisotopic (exact) mass is 381 g/mol. The van der Waals surface area contributed by atoms with Gasteiger partial charge in [-0.05, 0) is 42.3 Å². The lowest BCUT2D eigenvalue weighted by Crippen LogP contribution is -2.31. The van der Waals surface area contributed by atoms with Crippen molar-refractivity contribution in [3.05, 3.63) is 57.6 Å². The molecule has 0 radical (unpaired) electrons. The molecule has 1 amide bonds. The number of methoxy groups -OCH3 is 2. The van der Waals surface area contributed by atoms with Crippen molar-refractivity contribution in [3.63, 3.8) is 0 Å². The zero-order valence-electron chi connectivity index (χ0n) is 14.7. The number of rotatable bonds is 6. The Morgan fingerprint density at radius 3 is 2.36 bits per heavy atom. The number of benzene rings is 2. The standard InChI is InChI=1S/C19H21Cl2NO3/c1-12(15-7-6-14(20)11-16(15)21)22(2)19(23)10-13-5-8-17(24-3)18(9-13)25-4/h5-9,11-12H,10H2,1-4H3. The molecule has 4 nitrogen and oxygen atoms in total. The Hall–Kier alpha value is -1.91. The summed E-state index contributed by atoms with van der Waals surface area (Å²) in [6, 6.07) is 10.6. The van der Waals surface area contributed by atoms with E-state index in [4.69, 9.17) is 32.7 Å². The van der Waals surface area contributed by atoms with Crippen molar-refractivity contribution in [1.29, 1.82) is 0 Å². The number of halogens is 2. The summed E-state index contributed by atoms with van der Waals surface area (Å²) in [5.41, 5.74) is 1.71. The molecule has 1 unspecified atom stereocenters. The molecule has 0 saturated carbocycles. The van der Waals surface area contributed by atoms with Gasteiger partial charge in [0, 0.05) is 17.1 Å². The van der Waals surface area contributed by atoms with Gasteiger partial charge in [0.05, 0.1) is 26.7 Å². The molecule has 0 fully saturated rings. The highest BCUT2D eigenvalue weighted by atomic mass is 35.5. The van der Waals surface area contributed by atoms with E-state index >= 15 is 0 Å². The van der Waals surface area contributed by atoms with Crippen LogP contribution in [0.3, 0.4) is 0 Å². The minimum atomic E-state index is -0.169. The molecule has 6 heteroatoms. The number of carbonyl (C=O) groups is 1. The largest absolute Gasteiger partial charge is 0.493 e. The van der Waals surface area contributed by atoms with Crippen LogP contribution in [0, 0.1) is 0 Å². The quantitative estimate of drug-likeness (QED) is 0.722. The molecule has 25 heavy (non-hydrogen) atoms. The van der Waals surface area contributed by atoms with Crippen LogP contribution < -0.4 is 9.47 Å². The lowest BCUT2D eigenvalue weighted by Gasteiger charge is -2.26. The molecule has 0 aromatic heterocycles. The summed E-state index contributed by atoms with van der Waals surface area (Å²) in [5.74, 6) is 1.21. The smallest absolute Gasteiger partial charge is 0.227 e. The van der Waals surface area contributed by atoms with Gasteiger partial charge in [-0.1, -0.05) is 35.3 Å². The van der Waals surface area contributed by atoms with Crippen molar-refractivity contribution in [2.75, 3.05) is 21.3 Å². The van der Waals surface area contributed by atoms with Gasteiger partial charge in [0.1, 0.15) is 0 Å². The first-order valence-electron chi connectivity index (χ1n) is 7.79. The van der Waals surface area contributed by atoms with Crippen LogP contribution in [0.5, 0.6) is 11.5 Å². The van der Waals surface area contributed by atoms with Crippen molar-refractivity contribution in [2.24, 2.45) is 0 Å². The topological polar surface area (TPSA) is 38.8 Å². The lowest BCUT2D eigenvalue weighted by atomic mass is 10.1. The summed E-state index contributed by atoms with van der Waals surface area (Å²) in [6.07, 6.45) is 0.256. The Bertz CT molecular complexity index is 764. The fourth-order valence-corrected chi connectivity index (χ4v) is 3.12. The van der Waals surface area contributed by atoms with Crippen LogP contribution in [0.1, 0.15) is 24.1 Å². The number of amides is 1. The van der Waals surface area contributed by atoms with Crippen molar-refractivity contribution < 1.29 is 14.3 Å². The molecular formula is C19H21Cl2NO3. The summed E-state index contributed by atoms with van der Waals surface area (Å²) < 4.78 is 10.5. The first kappa shape index (κ1) is 19.4. The predicted octanol–water partition coefficient (Wildman–Crippen LogP) is 4.77. The Morgan fingerprint density at radius 1 is 1.08 bits per heavy atom. The Balaban J connectivity index is 2.14. The highest BCUT2D eigenvalue weighted by molar-refractivity contribution is 6.35. The summed E-state index contributed by atoms with van der Waals surface area (Å²) >= 11 is 12.2. The minimum Gasteiger partial charge on any atom is -0.493 e. The van der Waals surface area contributed by atoms with E-state index in [1.165, 1.54) is 0 Å². The predicted molar refractivity (Wildman–Crippen MR) is 101 cm³/mol. The SMILES string of the molecule is COc1ccc(CC(=O)N(C)C(C)c2ccc(Cl)cc2Cl)cc1OC. The highest BCUT2D eigenvalue weighted by Gasteiger charge is 2.20. The van der Waals surface area contributed by atoms with E-state index in [2.05, 4.69) is 0 Å². The Labute approximate surface area is 158 Å². The molecule has 2 rings (SSSR count). The van der Waals surface area contributed by atoms with Gasteiger partial charge in [-0.2, -0.15) is 0 Å². The first-order chi connectivity index (χ1) is 11.9. The molecule has 134 valence electrons. The molecule has 0 bridgehead atoms. The number of carbonyl (C=O) groups excluding carboxylic acids is 1. The number of likely N-dealkylation sites (N-methyl/N-ethyl adjacent to an activating group) is 1. The third-order valence-electron chi connectivity index (χ3n) is 4.19. The number of hydrogen-bond donors (Lipinski definition) is 0. The molecule has 1 atom stereocenters. The van der Waals surface area contributed by atoms with Gasteiger partial charge in [0.15, 0.2) is 11.5 Å². The van der Waals surface area contributed by atoms with Crippen LogP contribution in [0.2, 0.25) is 10.0 Å². The van der Waals surface area contributed by atoms with E-state index in [-0.39, 0.29) is 18.4 Å². The molecule has 0 N–H and O–H groups in total. The number of hydrogen-bond acceptors (Lipinski definition) is 3. The third kappa shape index (κ3) is 4.59. The molecule has 0 aliphatic heterocycles. The first-order valence-corrected chi connectivity index (χ1v) is 8.54. The maximum Gasteiger partial charge on any atom is 0.227 e. The van der Waals surface area contributed by atoms with Crippen molar-refractivity contribution in [2.45, 2.75) is 19.4 Å². The minimum absolute atomic E-state index is 0.0225. The fourth-order valence-electron chi connectivity index (χ4n) is 2.55. The van der Waals surface area contributed by atoms with E-state index < -0.39 is 0 Å². The summed E-state index contributed by atoms with van der Waals surface area (Å²) in [6.45, 7) is 1.93. The van der Waals surface area contributed by atoms with E-state index in [1.54, 1.807) is 44.4 Å². The second-order valence-electron chi connectivity index (χ2n) is 5.71. The van der Waals surface area contributed by atoms with Gasteiger partial charge < -0.3 is 14.4 Å². The molecule has 0 aliphatic rings. The summed E-state index contributed by atoms with van der Waals surface area (Å²) in [4.78, 5) is 14.3. The zero-order chi connectivity index (χ0) is 18.6. The van der Waals surface area contributed by atoms with Gasteiger partial charge in [-0.3, -0.25) is 4.79 Å². The zero-order valence-corrected chi connectivity index (χ0v) is 16.2. The second-order valence-corrected chi connectivity index (χ2v) is 6.56. The van der Waals surface area contributed by atoms with Crippen LogP contribution in [-0.4, -0.2) is 32.1 Å². The average Bonchev–Trinajstić information content (AvgIpc) is 2.60. The van der Waals surface area contributed by atoms with E-state index in [0.717, 1.165) is 11.1 Å². The normalized spacial score (nSPS) is 11.8. The van der Waals surface area contributed by atoms with E-state index in [9.17, 15) is 4.79 Å². The number of nitrogens with zero attached hydrogens (tertiary/aromatic N) is 1. The van der Waals surface area contributed by atoms with E-state index in [1.807, 2.05) is 25.1 Å². The average molecular weight is 382 g/mol. The fraction of sp³-hybridized carbons (Fsp3) is 0.316. The van der Waals surface area contributed by atoms with Crippen molar-refractivity contribution >= 4 is 29.1 Å². The van der Waals surface area contributed by atoms with Gasteiger partial charge in [0.2, 0.25) is 5.91 Å². The molecule has 0 aliphatic carbocycles. The maximum absolute atomic E-state index is 12.6. The van der Waals surface area contributed by atoms with Crippen LogP contribution in [0.25, 0.3) is 0 Å².